The smallest absolute Gasteiger partial charge is 0.130 e. The van der Waals surface area contributed by atoms with Crippen LogP contribution in [0.4, 0.5) is 8.78 Å². The van der Waals surface area contributed by atoms with E-state index in [4.69, 9.17) is 16.3 Å². The number of alkyl halides is 1. The first kappa shape index (κ1) is 14.3. The molecule has 0 spiro atoms. The second-order valence-corrected chi connectivity index (χ2v) is 5.03. The second-order valence-electron chi connectivity index (χ2n) is 3.91. The van der Waals surface area contributed by atoms with E-state index in [0.717, 1.165) is 28.2 Å². The Morgan fingerprint density at radius 2 is 1.84 bits per heavy atom. The molecule has 0 saturated heterocycles. The summed E-state index contributed by atoms with van der Waals surface area (Å²) in [4.78, 5) is 0. The number of hydrogen-bond donors (Lipinski definition) is 0. The molecule has 19 heavy (non-hydrogen) atoms. The molecule has 0 heterocycles. The summed E-state index contributed by atoms with van der Waals surface area (Å²) >= 11 is 9.13. The molecular weight excluding hydrogens is 338 g/mol. The topological polar surface area (TPSA) is 9.23 Å². The lowest BCUT2D eigenvalue weighted by atomic mass is 10.2. The third-order valence-electron chi connectivity index (χ3n) is 2.56. The summed E-state index contributed by atoms with van der Waals surface area (Å²) in [5.41, 5.74) is 1.05. The van der Waals surface area contributed by atoms with Crippen LogP contribution in [-0.2, 0) is 12.5 Å². The summed E-state index contributed by atoms with van der Waals surface area (Å²) in [5.74, 6) is -0.0811. The van der Waals surface area contributed by atoms with E-state index in [1.165, 1.54) is 0 Å². The quantitative estimate of drug-likeness (QED) is 0.704. The average Bonchev–Trinajstić information content (AvgIpc) is 2.41. The van der Waals surface area contributed by atoms with E-state index < -0.39 is 11.6 Å². The fraction of sp³-hybridized carbons (Fsp3) is 0.143. The van der Waals surface area contributed by atoms with Gasteiger partial charge >= 0.3 is 0 Å². The van der Waals surface area contributed by atoms with E-state index in [1.807, 2.05) is 0 Å². The zero-order valence-electron chi connectivity index (χ0n) is 9.80. The summed E-state index contributed by atoms with van der Waals surface area (Å²) in [6.45, 7) is -0.0348. The van der Waals surface area contributed by atoms with Gasteiger partial charge < -0.3 is 4.74 Å². The van der Waals surface area contributed by atoms with Crippen LogP contribution in [0.2, 0.25) is 0 Å². The molecule has 2 aromatic carbocycles. The molecular formula is C14H10BrClF2O. The largest absolute Gasteiger partial charge is 0.489 e. The monoisotopic (exact) mass is 346 g/mol. The SMILES string of the molecule is Fc1ccc(F)c(COc2ccc(Br)c(CCl)c2)c1. The summed E-state index contributed by atoms with van der Waals surface area (Å²) < 4.78 is 32.7. The molecule has 0 atom stereocenters. The third kappa shape index (κ3) is 3.67. The molecule has 0 aromatic heterocycles. The van der Waals surface area contributed by atoms with Gasteiger partial charge in [0, 0.05) is 15.9 Å². The van der Waals surface area contributed by atoms with Crippen molar-refractivity contribution in [2.45, 2.75) is 12.5 Å². The summed E-state index contributed by atoms with van der Waals surface area (Å²) in [6, 6.07) is 8.57. The van der Waals surface area contributed by atoms with Crippen LogP contribution in [0.15, 0.2) is 40.9 Å². The highest BCUT2D eigenvalue weighted by Gasteiger charge is 2.06. The van der Waals surface area contributed by atoms with E-state index in [9.17, 15) is 8.78 Å². The summed E-state index contributed by atoms with van der Waals surface area (Å²) in [6.07, 6.45) is 0. The van der Waals surface area contributed by atoms with Crippen molar-refractivity contribution in [2.24, 2.45) is 0 Å². The normalized spacial score (nSPS) is 10.5. The van der Waals surface area contributed by atoms with E-state index >= 15 is 0 Å². The first-order valence-corrected chi connectivity index (χ1v) is 6.84. The van der Waals surface area contributed by atoms with Crippen LogP contribution in [-0.4, -0.2) is 0 Å². The van der Waals surface area contributed by atoms with Gasteiger partial charge in [-0.1, -0.05) is 15.9 Å². The predicted molar refractivity (Wildman–Crippen MR) is 74.4 cm³/mol. The molecule has 100 valence electrons. The molecule has 2 aromatic rings. The molecule has 0 saturated carbocycles. The van der Waals surface area contributed by atoms with Crippen molar-refractivity contribution in [3.05, 3.63) is 63.6 Å². The van der Waals surface area contributed by atoms with Gasteiger partial charge in [-0.2, -0.15) is 0 Å². The minimum atomic E-state index is -0.490. The first-order valence-electron chi connectivity index (χ1n) is 5.51. The molecule has 1 nitrogen and oxygen atoms in total. The van der Waals surface area contributed by atoms with E-state index in [1.54, 1.807) is 18.2 Å². The van der Waals surface area contributed by atoms with Crippen LogP contribution in [0, 0.1) is 11.6 Å². The van der Waals surface area contributed by atoms with Crippen LogP contribution in [0.3, 0.4) is 0 Å². The van der Waals surface area contributed by atoms with Gasteiger partial charge in [-0.25, -0.2) is 8.78 Å². The van der Waals surface area contributed by atoms with Crippen molar-refractivity contribution < 1.29 is 13.5 Å². The fourth-order valence-corrected chi connectivity index (χ4v) is 2.33. The number of hydrogen-bond acceptors (Lipinski definition) is 1. The van der Waals surface area contributed by atoms with Gasteiger partial charge in [0.05, 0.1) is 0 Å². The molecule has 0 unspecified atom stereocenters. The van der Waals surface area contributed by atoms with Gasteiger partial charge in [-0.3, -0.25) is 0 Å². The number of ether oxygens (including phenoxy) is 1. The lowest BCUT2D eigenvalue weighted by molar-refractivity contribution is 0.298. The number of benzene rings is 2. The van der Waals surface area contributed by atoms with Gasteiger partial charge in [0.2, 0.25) is 0 Å². The van der Waals surface area contributed by atoms with Crippen LogP contribution in [0.5, 0.6) is 5.75 Å². The molecule has 0 aliphatic carbocycles. The van der Waals surface area contributed by atoms with Gasteiger partial charge in [0.1, 0.15) is 24.0 Å². The molecule has 0 bridgehead atoms. The van der Waals surface area contributed by atoms with Crippen molar-refractivity contribution in [3.63, 3.8) is 0 Å². The number of rotatable bonds is 4. The van der Waals surface area contributed by atoms with E-state index in [0.29, 0.717) is 11.6 Å². The molecule has 0 radical (unpaired) electrons. The minimum Gasteiger partial charge on any atom is -0.489 e. The van der Waals surface area contributed by atoms with Gasteiger partial charge in [0.25, 0.3) is 0 Å². The highest BCUT2D eigenvalue weighted by molar-refractivity contribution is 9.10. The van der Waals surface area contributed by atoms with Crippen LogP contribution in [0.25, 0.3) is 0 Å². The molecule has 0 aliphatic rings. The van der Waals surface area contributed by atoms with Gasteiger partial charge in [0.15, 0.2) is 0 Å². The third-order valence-corrected chi connectivity index (χ3v) is 3.62. The van der Waals surface area contributed by atoms with Gasteiger partial charge in [-0.05, 0) is 42.0 Å². The Balaban J connectivity index is 2.12. The second kappa shape index (κ2) is 6.35. The zero-order valence-corrected chi connectivity index (χ0v) is 12.1. The Kier molecular flexibility index (Phi) is 4.77. The Bertz CT molecular complexity index is 590. The molecule has 0 fully saturated rings. The molecule has 0 aliphatic heterocycles. The average molecular weight is 348 g/mol. The fourth-order valence-electron chi connectivity index (χ4n) is 1.56. The van der Waals surface area contributed by atoms with E-state index in [-0.39, 0.29) is 12.2 Å². The summed E-state index contributed by atoms with van der Waals surface area (Å²) in [7, 11) is 0. The van der Waals surface area contributed by atoms with Crippen molar-refractivity contribution >= 4 is 27.5 Å². The Hall–Kier alpha value is -1.13. The molecule has 2 rings (SSSR count). The summed E-state index contributed by atoms with van der Waals surface area (Å²) in [5, 5.41) is 0. The van der Waals surface area contributed by atoms with Crippen molar-refractivity contribution in [1.82, 2.24) is 0 Å². The molecule has 0 amide bonds. The molecule has 5 heteroatoms. The minimum absolute atomic E-state index is 0.0348. The first-order chi connectivity index (χ1) is 9.10. The van der Waals surface area contributed by atoms with E-state index in [2.05, 4.69) is 15.9 Å². The van der Waals surface area contributed by atoms with Crippen molar-refractivity contribution in [1.29, 1.82) is 0 Å². The lowest BCUT2D eigenvalue weighted by Crippen LogP contribution is -1.99. The van der Waals surface area contributed by atoms with Crippen LogP contribution in [0.1, 0.15) is 11.1 Å². The molecule has 0 N–H and O–H groups in total. The number of halogens is 4. The predicted octanol–water partition coefficient (Wildman–Crippen LogP) is 5.05. The van der Waals surface area contributed by atoms with Gasteiger partial charge in [-0.15, -0.1) is 11.6 Å². The van der Waals surface area contributed by atoms with Crippen molar-refractivity contribution in [2.75, 3.05) is 0 Å². The highest BCUT2D eigenvalue weighted by atomic mass is 79.9. The zero-order chi connectivity index (χ0) is 13.8. The van der Waals surface area contributed by atoms with Crippen molar-refractivity contribution in [3.8, 4) is 5.75 Å². The maximum atomic E-state index is 13.4. The highest BCUT2D eigenvalue weighted by Crippen LogP contribution is 2.25. The van der Waals surface area contributed by atoms with Crippen LogP contribution < -0.4 is 4.74 Å². The van der Waals surface area contributed by atoms with Crippen LogP contribution >= 0.6 is 27.5 Å². The Morgan fingerprint density at radius 1 is 1.05 bits per heavy atom. The maximum Gasteiger partial charge on any atom is 0.130 e. The lowest BCUT2D eigenvalue weighted by Gasteiger charge is -2.09. The standard InChI is InChI=1S/C14H10BrClF2O/c15-13-3-2-12(6-9(13)7-16)19-8-10-5-11(17)1-4-14(10)18/h1-6H,7-8H2. The Morgan fingerprint density at radius 3 is 2.58 bits per heavy atom. The maximum absolute atomic E-state index is 13.4. The Labute approximate surface area is 123 Å².